The molecular weight excluding hydrogens is 410 g/mol. The van der Waals surface area contributed by atoms with Gasteiger partial charge in [-0.05, 0) is 36.8 Å². The average Bonchev–Trinajstić information content (AvgIpc) is 2.71. The number of carbonyl (C=O) groups is 2. The second kappa shape index (κ2) is 9.73. The van der Waals surface area contributed by atoms with Crippen LogP contribution in [0.25, 0.3) is 0 Å². The van der Waals surface area contributed by atoms with E-state index in [2.05, 4.69) is 4.72 Å². The van der Waals surface area contributed by atoms with Crippen LogP contribution in [0.1, 0.15) is 42.7 Å². The quantitative estimate of drug-likeness (QED) is 0.551. The monoisotopic (exact) mass is 435 g/mol. The zero-order valence-corrected chi connectivity index (χ0v) is 18.0. The first-order valence-corrected chi connectivity index (χ1v) is 10.7. The molecule has 0 radical (unpaired) electrons. The Labute approximate surface area is 175 Å². The van der Waals surface area contributed by atoms with Gasteiger partial charge in [0.15, 0.2) is 23.9 Å². The number of ketones is 1. The molecule has 8 nitrogen and oxygen atoms in total. The molecule has 0 aromatic heterocycles. The van der Waals surface area contributed by atoms with E-state index in [0.29, 0.717) is 11.1 Å². The van der Waals surface area contributed by atoms with Crippen LogP contribution in [0.4, 0.5) is 0 Å². The summed E-state index contributed by atoms with van der Waals surface area (Å²) in [6.07, 6.45) is 0. The molecule has 0 bridgehead atoms. The van der Waals surface area contributed by atoms with Gasteiger partial charge in [-0.15, -0.1) is 0 Å². The molecule has 2 aromatic rings. The molecule has 0 saturated heterocycles. The van der Waals surface area contributed by atoms with Gasteiger partial charge in [0.25, 0.3) is 0 Å². The molecule has 0 amide bonds. The number of rotatable bonds is 10. The number of hydrogen-bond acceptors (Lipinski definition) is 6. The molecule has 0 spiro atoms. The van der Waals surface area contributed by atoms with E-state index in [4.69, 9.17) is 14.6 Å². The van der Waals surface area contributed by atoms with Crippen molar-refractivity contribution in [2.45, 2.75) is 31.7 Å². The molecule has 2 N–H and O–H groups in total. The Hall–Kier alpha value is -2.91. The molecule has 2 aromatic carbocycles. The summed E-state index contributed by atoms with van der Waals surface area (Å²) in [4.78, 5) is 22.7. The second-order valence-corrected chi connectivity index (χ2v) is 8.69. The zero-order valence-electron chi connectivity index (χ0n) is 17.2. The van der Waals surface area contributed by atoms with Crippen molar-refractivity contribution in [1.82, 2.24) is 4.72 Å². The minimum absolute atomic E-state index is 0.0445. The molecule has 0 fully saturated rings. The third kappa shape index (κ3) is 5.80. The summed E-state index contributed by atoms with van der Waals surface area (Å²) in [5.74, 6) is -0.829. The number of Topliss-reactive ketones (excluding diaryl/α,β-unsaturated/α-hetero) is 1. The Morgan fingerprint density at radius 2 is 1.67 bits per heavy atom. The van der Waals surface area contributed by atoms with E-state index in [-0.39, 0.29) is 28.1 Å². The average molecular weight is 435 g/mol. The minimum Gasteiger partial charge on any atom is -0.493 e. The summed E-state index contributed by atoms with van der Waals surface area (Å²) in [7, 11) is -2.43. The second-order valence-electron chi connectivity index (χ2n) is 6.98. The molecule has 9 heteroatoms. The van der Waals surface area contributed by atoms with Crippen molar-refractivity contribution >= 4 is 21.8 Å². The fourth-order valence-electron chi connectivity index (χ4n) is 2.71. The van der Waals surface area contributed by atoms with Crippen LogP contribution < -0.4 is 14.2 Å². The smallest absolute Gasteiger partial charge is 0.341 e. The first-order valence-electron chi connectivity index (χ1n) is 9.24. The number of benzene rings is 2. The van der Waals surface area contributed by atoms with Crippen LogP contribution in [-0.2, 0) is 14.8 Å². The Balaban J connectivity index is 2.18. The summed E-state index contributed by atoms with van der Waals surface area (Å²) in [6.45, 7) is 4.71. The van der Waals surface area contributed by atoms with Gasteiger partial charge in [0.2, 0.25) is 10.0 Å². The Morgan fingerprint density at radius 3 is 2.20 bits per heavy atom. The molecule has 2 rings (SSSR count). The summed E-state index contributed by atoms with van der Waals surface area (Å²) >= 11 is 0. The van der Waals surface area contributed by atoms with Gasteiger partial charge in [0.1, 0.15) is 0 Å². The SMILES string of the molecule is COc1cc(C(C)NS(=O)(=O)c2ccc(C(=O)C(C)C)cc2)ccc1OCC(=O)O. The van der Waals surface area contributed by atoms with E-state index in [1.54, 1.807) is 32.9 Å². The number of sulfonamides is 1. The van der Waals surface area contributed by atoms with Crippen molar-refractivity contribution in [2.75, 3.05) is 13.7 Å². The van der Waals surface area contributed by atoms with E-state index < -0.39 is 28.6 Å². The summed E-state index contributed by atoms with van der Waals surface area (Å²) < 4.78 is 38.4. The number of nitrogens with one attached hydrogen (secondary N) is 1. The molecule has 1 atom stereocenters. The maximum absolute atomic E-state index is 12.7. The van der Waals surface area contributed by atoms with Gasteiger partial charge < -0.3 is 14.6 Å². The number of carboxylic acids is 1. The number of aliphatic carboxylic acids is 1. The topological polar surface area (TPSA) is 119 Å². The Bertz CT molecular complexity index is 1010. The fraction of sp³-hybridized carbons (Fsp3) is 0.333. The van der Waals surface area contributed by atoms with Gasteiger partial charge in [-0.3, -0.25) is 4.79 Å². The zero-order chi connectivity index (χ0) is 22.5. The highest BCUT2D eigenvalue weighted by Gasteiger charge is 2.20. The van der Waals surface area contributed by atoms with Crippen molar-refractivity contribution in [2.24, 2.45) is 5.92 Å². The van der Waals surface area contributed by atoms with Crippen molar-refractivity contribution in [3.63, 3.8) is 0 Å². The summed E-state index contributed by atoms with van der Waals surface area (Å²) in [5.41, 5.74) is 1.06. The summed E-state index contributed by atoms with van der Waals surface area (Å²) in [6, 6.07) is 9.91. The number of carbonyl (C=O) groups excluding carboxylic acids is 1. The fourth-order valence-corrected chi connectivity index (χ4v) is 3.94. The van der Waals surface area contributed by atoms with Crippen LogP contribution in [0.5, 0.6) is 11.5 Å². The third-order valence-electron chi connectivity index (χ3n) is 4.34. The van der Waals surface area contributed by atoms with E-state index >= 15 is 0 Å². The standard InChI is InChI=1S/C21H25NO7S/c1-13(2)21(25)15-5-8-17(9-6-15)30(26,27)22-14(3)16-7-10-18(19(11-16)28-4)29-12-20(23)24/h5-11,13-14,22H,12H2,1-4H3,(H,23,24). The largest absolute Gasteiger partial charge is 0.493 e. The molecule has 162 valence electrons. The molecule has 0 aliphatic rings. The molecular formula is C21H25NO7S. The lowest BCUT2D eigenvalue weighted by molar-refractivity contribution is -0.139. The number of carboxylic acid groups (broad SMARTS) is 1. The van der Waals surface area contributed by atoms with Crippen LogP contribution in [0, 0.1) is 5.92 Å². The maximum Gasteiger partial charge on any atom is 0.341 e. The van der Waals surface area contributed by atoms with Gasteiger partial charge >= 0.3 is 5.97 Å². The van der Waals surface area contributed by atoms with Gasteiger partial charge in [0, 0.05) is 17.5 Å². The van der Waals surface area contributed by atoms with Crippen molar-refractivity contribution in [3.05, 3.63) is 53.6 Å². The first kappa shape index (κ1) is 23.4. The number of methoxy groups -OCH3 is 1. The molecule has 0 aliphatic heterocycles. The van der Waals surface area contributed by atoms with Gasteiger partial charge in [-0.1, -0.05) is 32.0 Å². The highest BCUT2D eigenvalue weighted by Crippen LogP contribution is 2.31. The van der Waals surface area contributed by atoms with Crippen molar-refractivity contribution < 1.29 is 32.6 Å². The number of ether oxygens (including phenoxy) is 2. The molecule has 0 heterocycles. The van der Waals surface area contributed by atoms with E-state index in [9.17, 15) is 18.0 Å². The lowest BCUT2D eigenvalue weighted by Crippen LogP contribution is -2.27. The molecule has 0 aliphatic carbocycles. The molecule has 1 unspecified atom stereocenters. The van der Waals surface area contributed by atoms with Gasteiger partial charge in [-0.2, -0.15) is 0 Å². The Morgan fingerprint density at radius 1 is 1.03 bits per heavy atom. The predicted molar refractivity (Wildman–Crippen MR) is 110 cm³/mol. The van der Waals surface area contributed by atoms with Crippen molar-refractivity contribution in [1.29, 1.82) is 0 Å². The minimum atomic E-state index is -3.83. The summed E-state index contributed by atoms with van der Waals surface area (Å²) in [5, 5.41) is 8.73. The van der Waals surface area contributed by atoms with Crippen molar-refractivity contribution in [3.8, 4) is 11.5 Å². The third-order valence-corrected chi connectivity index (χ3v) is 5.90. The van der Waals surface area contributed by atoms with E-state index in [1.807, 2.05) is 0 Å². The van der Waals surface area contributed by atoms with Crippen LogP contribution in [0.3, 0.4) is 0 Å². The highest BCUT2D eigenvalue weighted by molar-refractivity contribution is 7.89. The van der Waals surface area contributed by atoms with Gasteiger partial charge in [-0.25, -0.2) is 17.9 Å². The van der Waals surface area contributed by atoms with Crippen LogP contribution >= 0.6 is 0 Å². The Kier molecular flexibility index (Phi) is 7.58. The maximum atomic E-state index is 12.7. The normalized spacial score (nSPS) is 12.4. The first-order chi connectivity index (χ1) is 14.0. The molecule has 30 heavy (non-hydrogen) atoms. The highest BCUT2D eigenvalue weighted by atomic mass is 32.2. The molecule has 0 saturated carbocycles. The van der Waals surface area contributed by atoms with Gasteiger partial charge in [0.05, 0.1) is 12.0 Å². The lowest BCUT2D eigenvalue weighted by Gasteiger charge is -2.17. The van der Waals surface area contributed by atoms with E-state index in [0.717, 1.165) is 0 Å². The van der Waals surface area contributed by atoms with Crippen LogP contribution in [-0.4, -0.2) is 39.0 Å². The van der Waals surface area contributed by atoms with Crippen LogP contribution in [0.15, 0.2) is 47.4 Å². The predicted octanol–water partition coefficient (Wildman–Crippen LogP) is 3.04. The lowest BCUT2D eigenvalue weighted by atomic mass is 10.0. The van der Waals surface area contributed by atoms with E-state index in [1.165, 1.54) is 37.4 Å². The van der Waals surface area contributed by atoms with Crippen LogP contribution in [0.2, 0.25) is 0 Å². The number of hydrogen-bond donors (Lipinski definition) is 2.